The van der Waals surface area contributed by atoms with Crippen LogP contribution >= 0.6 is 23.2 Å². The molecular weight excluding hydrogens is 413 g/mol. The third kappa shape index (κ3) is 4.37. The number of aliphatic hydroxyl groups is 2. The van der Waals surface area contributed by atoms with Gasteiger partial charge in [0.25, 0.3) is 0 Å². The van der Waals surface area contributed by atoms with Crippen molar-refractivity contribution >= 4 is 34.8 Å². The number of halogens is 2. The van der Waals surface area contributed by atoms with Crippen LogP contribution in [0.15, 0.2) is 18.2 Å². The van der Waals surface area contributed by atoms with Gasteiger partial charge in [0.2, 0.25) is 5.91 Å². The molecule has 29 heavy (non-hydrogen) atoms. The van der Waals surface area contributed by atoms with E-state index in [1.165, 1.54) is 0 Å². The van der Waals surface area contributed by atoms with E-state index in [0.29, 0.717) is 42.8 Å². The molecule has 3 atom stereocenters. The zero-order valence-electron chi connectivity index (χ0n) is 16.7. The number of aliphatic hydroxyl groups excluding tert-OH is 2. The highest BCUT2D eigenvalue weighted by molar-refractivity contribution is 6.42. The second kappa shape index (κ2) is 8.23. The number of likely N-dealkylation sites (tertiary alicyclic amines) is 1. The third-order valence-electron chi connectivity index (χ3n) is 6.84. The van der Waals surface area contributed by atoms with Crippen LogP contribution in [0.5, 0.6) is 0 Å². The summed E-state index contributed by atoms with van der Waals surface area (Å²) < 4.78 is 0. The molecule has 3 aliphatic rings. The van der Waals surface area contributed by atoms with Crippen molar-refractivity contribution < 1.29 is 15.0 Å². The number of carbonyl (C=O) groups is 1. The van der Waals surface area contributed by atoms with Crippen molar-refractivity contribution in [1.82, 2.24) is 9.80 Å². The summed E-state index contributed by atoms with van der Waals surface area (Å²) in [5.74, 6) is -0.00279. The van der Waals surface area contributed by atoms with E-state index >= 15 is 0 Å². The summed E-state index contributed by atoms with van der Waals surface area (Å²) in [5, 5.41) is 21.9. The predicted octanol–water partition coefficient (Wildman–Crippen LogP) is 2.24. The highest BCUT2D eigenvalue weighted by atomic mass is 35.5. The summed E-state index contributed by atoms with van der Waals surface area (Å²) in [7, 11) is 0. The molecule has 1 aromatic rings. The lowest BCUT2D eigenvalue weighted by molar-refractivity contribution is -0.135. The molecule has 0 bridgehead atoms. The average Bonchev–Trinajstić information content (AvgIpc) is 3.46. The Bertz CT molecular complexity index is 774. The average molecular weight is 442 g/mol. The number of carbonyl (C=O) groups excluding carboxylic acids is 1. The van der Waals surface area contributed by atoms with Crippen LogP contribution in [0.3, 0.4) is 0 Å². The number of benzene rings is 1. The molecule has 2 aliphatic heterocycles. The van der Waals surface area contributed by atoms with Crippen molar-refractivity contribution in [2.24, 2.45) is 5.41 Å². The number of piperazine rings is 1. The van der Waals surface area contributed by atoms with E-state index in [-0.39, 0.29) is 23.5 Å². The first-order valence-electron chi connectivity index (χ1n) is 10.4. The van der Waals surface area contributed by atoms with Gasteiger partial charge in [0.15, 0.2) is 0 Å². The molecule has 4 rings (SSSR count). The van der Waals surface area contributed by atoms with Gasteiger partial charge in [0.05, 0.1) is 22.3 Å². The summed E-state index contributed by atoms with van der Waals surface area (Å²) in [6.45, 7) is 5.42. The fraction of sp³-hybridized carbons (Fsp3) is 0.667. The van der Waals surface area contributed by atoms with E-state index < -0.39 is 6.10 Å². The molecule has 160 valence electrons. The van der Waals surface area contributed by atoms with E-state index in [9.17, 15) is 15.0 Å². The Hall–Kier alpha value is -1.05. The molecular formula is C21H29Cl2N3O3. The fourth-order valence-electron chi connectivity index (χ4n) is 4.72. The van der Waals surface area contributed by atoms with E-state index in [2.05, 4.69) is 4.90 Å². The molecule has 3 fully saturated rings. The van der Waals surface area contributed by atoms with Gasteiger partial charge in [0.1, 0.15) is 6.04 Å². The van der Waals surface area contributed by atoms with Crippen molar-refractivity contribution in [1.29, 1.82) is 0 Å². The van der Waals surface area contributed by atoms with Crippen LogP contribution in [0.25, 0.3) is 0 Å². The van der Waals surface area contributed by atoms with Crippen molar-refractivity contribution in [3.63, 3.8) is 0 Å². The molecule has 2 saturated heterocycles. The Balaban J connectivity index is 1.31. The number of β-amino-alcohol motifs (C(OH)–C–C–N with tert-alkyl or cyclic N) is 2. The second-order valence-electron chi connectivity index (χ2n) is 8.79. The first-order valence-corrected chi connectivity index (χ1v) is 11.1. The molecule has 1 saturated carbocycles. The topological polar surface area (TPSA) is 67.2 Å². The van der Waals surface area contributed by atoms with Gasteiger partial charge < -0.3 is 20.0 Å². The zero-order valence-corrected chi connectivity index (χ0v) is 18.2. The number of rotatable bonds is 5. The van der Waals surface area contributed by atoms with Gasteiger partial charge in [-0.25, -0.2) is 0 Å². The van der Waals surface area contributed by atoms with Gasteiger partial charge in [-0.1, -0.05) is 23.2 Å². The van der Waals surface area contributed by atoms with Crippen molar-refractivity contribution in [3.8, 4) is 0 Å². The third-order valence-corrected chi connectivity index (χ3v) is 7.58. The summed E-state index contributed by atoms with van der Waals surface area (Å²) in [4.78, 5) is 18.8. The summed E-state index contributed by atoms with van der Waals surface area (Å²) in [6, 6.07) is 5.06. The standard InChI is InChI=1S/C21H29Cl2N3O3/c1-14-20(29)25(8-9-26(14)15-2-3-17(22)18(23)10-15)12-16(27)11-24-7-6-21(4-5-21)19(28)13-24/h2-3,10,14,16,19,27-28H,4-9,11-13H2,1H3/t14-,16-,19-/m1/s1. The van der Waals surface area contributed by atoms with Crippen LogP contribution in [-0.4, -0.2) is 83.4 Å². The minimum atomic E-state index is -0.622. The van der Waals surface area contributed by atoms with Crippen LogP contribution < -0.4 is 4.90 Å². The van der Waals surface area contributed by atoms with E-state index in [1.54, 1.807) is 17.0 Å². The van der Waals surface area contributed by atoms with Crippen LogP contribution in [0.2, 0.25) is 10.0 Å². The van der Waals surface area contributed by atoms with Crippen LogP contribution in [-0.2, 0) is 4.79 Å². The van der Waals surface area contributed by atoms with Crippen LogP contribution in [0, 0.1) is 5.41 Å². The molecule has 1 aromatic carbocycles. The molecule has 2 N–H and O–H groups in total. The van der Waals surface area contributed by atoms with Crippen molar-refractivity contribution in [2.75, 3.05) is 44.2 Å². The predicted molar refractivity (Wildman–Crippen MR) is 115 cm³/mol. The largest absolute Gasteiger partial charge is 0.391 e. The maximum absolute atomic E-state index is 12.9. The monoisotopic (exact) mass is 441 g/mol. The number of hydrogen-bond donors (Lipinski definition) is 2. The second-order valence-corrected chi connectivity index (χ2v) is 9.61. The van der Waals surface area contributed by atoms with Crippen molar-refractivity contribution in [2.45, 2.75) is 44.4 Å². The highest BCUT2D eigenvalue weighted by Crippen LogP contribution is 2.53. The van der Waals surface area contributed by atoms with Crippen LogP contribution in [0.4, 0.5) is 5.69 Å². The first kappa shape index (κ1) is 21.2. The minimum Gasteiger partial charge on any atom is -0.391 e. The Morgan fingerprint density at radius 2 is 1.90 bits per heavy atom. The first-order chi connectivity index (χ1) is 13.8. The molecule has 0 unspecified atom stereocenters. The molecule has 1 amide bonds. The number of nitrogens with zero attached hydrogens (tertiary/aromatic N) is 3. The van der Waals surface area contributed by atoms with Gasteiger partial charge in [-0.05, 0) is 56.3 Å². The molecule has 6 nitrogen and oxygen atoms in total. The zero-order chi connectivity index (χ0) is 20.8. The Morgan fingerprint density at radius 1 is 1.14 bits per heavy atom. The Kier molecular flexibility index (Phi) is 6.02. The van der Waals surface area contributed by atoms with Gasteiger partial charge in [-0.15, -0.1) is 0 Å². The Morgan fingerprint density at radius 3 is 2.55 bits per heavy atom. The number of anilines is 1. The normalized spacial score (nSPS) is 28.1. The number of amides is 1. The van der Waals surface area contributed by atoms with Crippen LogP contribution in [0.1, 0.15) is 26.2 Å². The maximum atomic E-state index is 12.9. The molecule has 1 spiro atoms. The lowest BCUT2D eigenvalue weighted by Gasteiger charge is -2.42. The van der Waals surface area contributed by atoms with E-state index in [1.807, 2.05) is 17.9 Å². The lowest BCUT2D eigenvalue weighted by atomic mass is 9.90. The highest BCUT2D eigenvalue weighted by Gasteiger charge is 2.51. The molecule has 0 radical (unpaired) electrons. The molecule has 2 heterocycles. The summed E-state index contributed by atoms with van der Waals surface area (Å²) >= 11 is 12.1. The smallest absolute Gasteiger partial charge is 0.245 e. The number of hydrogen-bond acceptors (Lipinski definition) is 5. The summed E-state index contributed by atoms with van der Waals surface area (Å²) in [6.07, 6.45) is 2.34. The van der Waals surface area contributed by atoms with Crippen molar-refractivity contribution in [3.05, 3.63) is 28.2 Å². The fourth-order valence-corrected chi connectivity index (χ4v) is 5.02. The quantitative estimate of drug-likeness (QED) is 0.733. The molecule has 8 heteroatoms. The van der Waals surface area contributed by atoms with Gasteiger partial charge in [0, 0.05) is 38.4 Å². The Labute approximate surface area is 182 Å². The van der Waals surface area contributed by atoms with E-state index in [4.69, 9.17) is 23.2 Å². The number of piperidine rings is 1. The molecule has 1 aliphatic carbocycles. The van der Waals surface area contributed by atoms with Gasteiger partial charge in [-0.3, -0.25) is 9.69 Å². The van der Waals surface area contributed by atoms with Gasteiger partial charge in [-0.2, -0.15) is 0 Å². The summed E-state index contributed by atoms with van der Waals surface area (Å²) in [5.41, 5.74) is 1.03. The molecule has 0 aromatic heterocycles. The van der Waals surface area contributed by atoms with Gasteiger partial charge >= 0.3 is 0 Å². The minimum absolute atomic E-state index is 0.00279. The SMILES string of the molecule is C[C@@H]1C(=O)N(C[C@H](O)CN2CCC3(CC3)[C@H](O)C2)CCN1c1ccc(Cl)c(Cl)c1. The van der Waals surface area contributed by atoms with E-state index in [0.717, 1.165) is 31.5 Å². The maximum Gasteiger partial charge on any atom is 0.245 e. The lowest BCUT2D eigenvalue weighted by Crippen LogP contribution is -2.58.